The van der Waals surface area contributed by atoms with Crippen molar-refractivity contribution in [2.45, 2.75) is 80.1 Å². The lowest BCUT2D eigenvalue weighted by Crippen LogP contribution is -2.28. The molecule has 2 aromatic rings. The van der Waals surface area contributed by atoms with Crippen LogP contribution in [-0.2, 0) is 35.3 Å². The molecule has 0 heterocycles. The van der Waals surface area contributed by atoms with E-state index in [9.17, 15) is 9.59 Å². The predicted molar refractivity (Wildman–Crippen MR) is 141 cm³/mol. The van der Waals surface area contributed by atoms with E-state index in [1.807, 2.05) is 59.7 Å². The molecule has 2 aliphatic carbocycles. The molecule has 0 atom stereocenters. The number of anilines is 2. The quantitative estimate of drug-likeness (QED) is 0.451. The van der Waals surface area contributed by atoms with E-state index in [1.54, 1.807) is 0 Å². The standard InChI is InChI=1S/C14H18BrNO.C14H19NO/c1-14(2,3)13(17)16-12-10-6-4-5-9(10)7-8-11(12)15;1-14(2,3)13(16)15-12-9-5-7-10-6-4-8-11(10)12/h7-8H,4-6H2,1-3H3,(H,16,17);5,7,9H,4,6,8H2,1-3H3,(H,15,16). The first kappa shape index (κ1) is 25.5. The number of fused-ring (bicyclic) bond motifs is 2. The summed E-state index contributed by atoms with van der Waals surface area (Å²) < 4.78 is 0.982. The van der Waals surface area contributed by atoms with Crippen LogP contribution < -0.4 is 10.6 Å². The van der Waals surface area contributed by atoms with E-state index in [0.717, 1.165) is 41.5 Å². The molecule has 2 aromatic carbocycles. The largest absolute Gasteiger partial charge is 0.325 e. The Morgan fingerprint density at radius 1 is 0.727 bits per heavy atom. The molecular weight excluding hydrogens is 476 g/mol. The van der Waals surface area contributed by atoms with Crippen molar-refractivity contribution in [3.05, 3.63) is 57.1 Å². The number of aryl methyl sites for hydroxylation is 2. The van der Waals surface area contributed by atoms with Crippen LogP contribution in [0.2, 0.25) is 0 Å². The van der Waals surface area contributed by atoms with Crippen molar-refractivity contribution in [2.24, 2.45) is 10.8 Å². The Morgan fingerprint density at radius 2 is 1.27 bits per heavy atom. The van der Waals surface area contributed by atoms with E-state index >= 15 is 0 Å². The Labute approximate surface area is 207 Å². The Morgan fingerprint density at radius 3 is 1.88 bits per heavy atom. The summed E-state index contributed by atoms with van der Waals surface area (Å²) in [5, 5.41) is 6.11. The molecule has 2 aliphatic rings. The maximum Gasteiger partial charge on any atom is 0.229 e. The highest BCUT2D eigenvalue weighted by Crippen LogP contribution is 2.36. The number of rotatable bonds is 2. The van der Waals surface area contributed by atoms with Gasteiger partial charge in [0.15, 0.2) is 0 Å². The lowest BCUT2D eigenvalue weighted by molar-refractivity contribution is -0.123. The van der Waals surface area contributed by atoms with Crippen molar-refractivity contribution < 1.29 is 9.59 Å². The summed E-state index contributed by atoms with van der Waals surface area (Å²) in [6, 6.07) is 10.4. The van der Waals surface area contributed by atoms with Gasteiger partial charge in [-0.05, 0) is 88.8 Å². The highest BCUT2D eigenvalue weighted by Gasteiger charge is 2.25. The highest BCUT2D eigenvalue weighted by atomic mass is 79.9. The monoisotopic (exact) mass is 512 g/mol. The number of carbonyl (C=O) groups excluding carboxylic acids is 2. The van der Waals surface area contributed by atoms with Gasteiger partial charge in [0.05, 0.1) is 5.69 Å². The fraction of sp³-hybridized carbons (Fsp3) is 0.500. The van der Waals surface area contributed by atoms with Crippen LogP contribution in [0.5, 0.6) is 0 Å². The summed E-state index contributed by atoms with van der Waals surface area (Å²) in [4.78, 5) is 24.0. The van der Waals surface area contributed by atoms with Crippen LogP contribution in [0.25, 0.3) is 0 Å². The van der Waals surface area contributed by atoms with Gasteiger partial charge in [-0.15, -0.1) is 0 Å². The van der Waals surface area contributed by atoms with Crippen LogP contribution in [0, 0.1) is 10.8 Å². The van der Waals surface area contributed by atoms with E-state index in [1.165, 1.54) is 35.1 Å². The molecule has 4 nitrogen and oxygen atoms in total. The van der Waals surface area contributed by atoms with Crippen LogP contribution in [-0.4, -0.2) is 11.8 Å². The fourth-order valence-electron chi connectivity index (χ4n) is 4.12. The van der Waals surface area contributed by atoms with Crippen LogP contribution >= 0.6 is 15.9 Å². The number of carbonyl (C=O) groups is 2. The van der Waals surface area contributed by atoms with Gasteiger partial charge in [-0.3, -0.25) is 9.59 Å². The minimum Gasteiger partial charge on any atom is -0.325 e. The van der Waals surface area contributed by atoms with Crippen molar-refractivity contribution in [1.82, 2.24) is 0 Å². The lowest BCUT2D eigenvalue weighted by Gasteiger charge is -2.20. The van der Waals surface area contributed by atoms with Gasteiger partial charge < -0.3 is 10.6 Å². The Bertz CT molecular complexity index is 1050. The fourth-order valence-corrected chi connectivity index (χ4v) is 4.59. The number of hydrogen-bond acceptors (Lipinski definition) is 2. The summed E-state index contributed by atoms with van der Waals surface area (Å²) in [5.41, 5.74) is 6.69. The number of nitrogens with one attached hydrogen (secondary N) is 2. The molecule has 0 fully saturated rings. The third kappa shape index (κ3) is 6.26. The summed E-state index contributed by atoms with van der Waals surface area (Å²) in [6.45, 7) is 11.6. The van der Waals surface area contributed by atoms with E-state index in [4.69, 9.17) is 0 Å². The number of benzene rings is 2. The molecule has 33 heavy (non-hydrogen) atoms. The highest BCUT2D eigenvalue weighted by molar-refractivity contribution is 9.10. The van der Waals surface area contributed by atoms with Crippen LogP contribution in [0.4, 0.5) is 11.4 Å². The third-order valence-electron chi connectivity index (χ3n) is 6.23. The predicted octanol–water partition coefficient (Wildman–Crippen LogP) is 7.08. The normalized spacial score (nSPS) is 14.6. The van der Waals surface area contributed by atoms with Crippen LogP contribution in [0.3, 0.4) is 0 Å². The van der Waals surface area contributed by atoms with Crippen molar-refractivity contribution in [2.75, 3.05) is 10.6 Å². The van der Waals surface area contributed by atoms with Gasteiger partial charge in [-0.1, -0.05) is 59.7 Å². The van der Waals surface area contributed by atoms with Crippen molar-refractivity contribution >= 4 is 39.1 Å². The third-order valence-corrected chi connectivity index (χ3v) is 6.89. The lowest BCUT2D eigenvalue weighted by atomic mass is 9.95. The van der Waals surface area contributed by atoms with Crippen molar-refractivity contribution in [1.29, 1.82) is 0 Å². The molecule has 0 saturated carbocycles. The Kier molecular flexibility index (Phi) is 7.73. The molecule has 0 unspecified atom stereocenters. The van der Waals surface area contributed by atoms with Gasteiger partial charge >= 0.3 is 0 Å². The van der Waals surface area contributed by atoms with E-state index in [0.29, 0.717) is 0 Å². The van der Waals surface area contributed by atoms with E-state index in [-0.39, 0.29) is 22.6 Å². The first-order valence-corrected chi connectivity index (χ1v) is 12.7. The van der Waals surface area contributed by atoms with Gasteiger partial charge in [0, 0.05) is 21.0 Å². The molecule has 178 valence electrons. The minimum absolute atomic E-state index is 0.0681. The number of halogens is 1. The molecule has 2 N–H and O–H groups in total. The molecule has 4 rings (SSSR count). The summed E-state index contributed by atoms with van der Waals surface area (Å²) in [6.07, 6.45) is 6.82. The minimum atomic E-state index is -0.360. The van der Waals surface area contributed by atoms with Gasteiger partial charge in [0.2, 0.25) is 11.8 Å². The zero-order valence-corrected chi connectivity index (χ0v) is 22.4. The molecule has 0 aliphatic heterocycles. The molecule has 0 aromatic heterocycles. The molecular formula is C28H37BrN2O2. The zero-order valence-electron chi connectivity index (χ0n) is 20.8. The molecule has 0 saturated heterocycles. The molecule has 2 amide bonds. The first-order chi connectivity index (χ1) is 15.4. The summed E-state index contributed by atoms with van der Waals surface area (Å²) >= 11 is 3.53. The van der Waals surface area contributed by atoms with Gasteiger partial charge in [-0.25, -0.2) is 0 Å². The number of hydrogen-bond donors (Lipinski definition) is 2. The molecule has 0 bridgehead atoms. The topological polar surface area (TPSA) is 58.2 Å². The first-order valence-electron chi connectivity index (χ1n) is 11.9. The summed E-state index contributed by atoms with van der Waals surface area (Å²) in [7, 11) is 0. The molecule has 0 spiro atoms. The second-order valence-corrected chi connectivity index (χ2v) is 12.0. The molecule has 0 radical (unpaired) electrons. The average molecular weight is 514 g/mol. The Balaban J connectivity index is 0.000000186. The average Bonchev–Trinajstić information content (AvgIpc) is 3.39. The van der Waals surface area contributed by atoms with Gasteiger partial charge in [0.25, 0.3) is 0 Å². The second-order valence-electron chi connectivity index (χ2n) is 11.1. The zero-order chi connectivity index (χ0) is 24.4. The maximum atomic E-state index is 12.1. The Hall–Kier alpha value is -2.14. The SMILES string of the molecule is CC(C)(C)C(=O)Nc1c(Br)ccc2c1CCC2.CC(C)(C)C(=O)Nc1cccc2c1CCC2. The smallest absolute Gasteiger partial charge is 0.229 e. The van der Waals surface area contributed by atoms with Gasteiger partial charge in [0.1, 0.15) is 0 Å². The van der Waals surface area contributed by atoms with Crippen molar-refractivity contribution in [3.63, 3.8) is 0 Å². The van der Waals surface area contributed by atoms with E-state index < -0.39 is 0 Å². The van der Waals surface area contributed by atoms with Crippen molar-refractivity contribution in [3.8, 4) is 0 Å². The van der Waals surface area contributed by atoms with E-state index in [2.05, 4.69) is 38.7 Å². The number of amides is 2. The molecule has 5 heteroatoms. The maximum absolute atomic E-state index is 12.1. The second kappa shape index (κ2) is 10.0. The van der Waals surface area contributed by atoms with Gasteiger partial charge in [-0.2, -0.15) is 0 Å². The van der Waals surface area contributed by atoms with Crippen LogP contribution in [0.1, 0.15) is 76.6 Å². The summed E-state index contributed by atoms with van der Waals surface area (Å²) in [5.74, 6) is 0.159. The van der Waals surface area contributed by atoms with Crippen LogP contribution in [0.15, 0.2) is 34.8 Å².